The van der Waals surface area contributed by atoms with Crippen LogP contribution in [0.5, 0.6) is 0 Å². The van der Waals surface area contributed by atoms with Crippen molar-refractivity contribution in [2.45, 2.75) is 32.3 Å². The second kappa shape index (κ2) is 6.32. The molecule has 110 valence electrons. The molecular weight excluding hydrogens is 280 g/mol. The molecule has 1 aromatic heterocycles. The molecule has 1 aromatic rings. The normalized spacial score (nSPS) is 18.8. The standard InChI is InChI=1S/C13H18N2O4S/c1-9(16)12-7-11(15(17)18)13(20-12)14(2)8-10-5-3-4-6-19-10/h7,10H,3-6,8H2,1-2H3. The molecule has 7 heteroatoms. The Morgan fingerprint density at radius 1 is 1.60 bits per heavy atom. The van der Waals surface area contributed by atoms with E-state index in [0.29, 0.717) is 16.4 Å². The Bertz CT molecular complexity index is 508. The van der Waals surface area contributed by atoms with E-state index in [4.69, 9.17) is 4.74 Å². The number of carbonyl (C=O) groups is 1. The number of nitrogens with zero attached hydrogens (tertiary/aromatic N) is 2. The van der Waals surface area contributed by atoms with Crippen LogP contribution in [0, 0.1) is 10.1 Å². The van der Waals surface area contributed by atoms with Crippen LogP contribution in [0.15, 0.2) is 6.07 Å². The van der Waals surface area contributed by atoms with Crippen molar-refractivity contribution < 1.29 is 14.5 Å². The SMILES string of the molecule is CC(=O)c1cc([N+](=O)[O-])c(N(C)CC2CCCCO2)s1. The lowest BCUT2D eigenvalue weighted by Gasteiger charge is -2.27. The minimum absolute atomic E-state index is 0.00138. The molecule has 1 aliphatic heterocycles. The first-order valence-electron chi connectivity index (χ1n) is 6.61. The molecule has 1 fully saturated rings. The zero-order valence-corrected chi connectivity index (χ0v) is 12.4. The van der Waals surface area contributed by atoms with Gasteiger partial charge in [0.15, 0.2) is 10.8 Å². The number of likely N-dealkylation sites (N-methyl/N-ethyl adjacent to an activating group) is 1. The molecule has 1 atom stereocenters. The van der Waals surface area contributed by atoms with Crippen molar-refractivity contribution in [2.24, 2.45) is 0 Å². The van der Waals surface area contributed by atoms with Gasteiger partial charge < -0.3 is 9.64 Å². The minimum atomic E-state index is -0.434. The summed E-state index contributed by atoms with van der Waals surface area (Å²) in [5.41, 5.74) is -0.00138. The third-order valence-electron chi connectivity index (χ3n) is 3.34. The second-order valence-electron chi connectivity index (χ2n) is 4.98. The molecule has 0 radical (unpaired) electrons. The fourth-order valence-corrected chi connectivity index (χ4v) is 3.28. The quantitative estimate of drug-likeness (QED) is 0.475. The number of rotatable bonds is 5. The van der Waals surface area contributed by atoms with Gasteiger partial charge in [-0.1, -0.05) is 0 Å². The largest absolute Gasteiger partial charge is 0.376 e. The summed E-state index contributed by atoms with van der Waals surface area (Å²) in [5.74, 6) is -0.147. The molecule has 6 nitrogen and oxygen atoms in total. The van der Waals surface area contributed by atoms with E-state index in [1.54, 1.807) is 7.05 Å². The molecule has 1 unspecified atom stereocenters. The third kappa shape index (κ3) is 3.34. The van der Waals surface area contributed by atoms with E-state index < -0.39 is 4.92 Å². The zero-order valence-electron chi connectivity index (χ0n) is 11.6. The van der Waals surface area contributed by atoms with Gasteiger partial charge in [0.2, 0.25) is 0 Å². The molecule has 0 aromatic carbocycles. The first-order valence-corrected chi connectivity index (χ1v) is 7.42. The van der Waals surface area contributed by atoms with Crippen LogP contribution in [0.4, 0.5) is 10.7 Å². The van der Waals surface area contributed by atoms with Gasteiger partial charge in [-0.15, -0.1) is 11.3 Å². The third-order valence-corrected chi connectivity index (χ3v) is 4.67. The lowest BCUT2D eigenvalue weighted by atomic mass is 10.1. The second-order valence-corrected chi connectivity index (χ2v) is 6.01. The molecule has 0 aliphatic carbocycles. The average molecular weight is 298 g/mol. The van der Waals surface area contributed by atoms with E-state index in [-0.39, 0.29) is 17.6 Å². The van der Waals surface area contributed by atoms with Gasteiger partial charge in [0, 0.05) is 26.3 Å². The average Bonchev–Trinajstić information content (AvgIpc) is 2.85. The lowest BCUT2D eigenvalue weighted by molar-refractivity contribution is -0.383. The highest BCUT2D eigenvalue weighted by Crippen LogP contribution is 2.37. The van der Waals surface area contributed by atoms with Gasteiger partial charge in [-0.2, -0.15) is 0 Å². The molecule has 0 spiro atoms. The fourth-order valence-electron chi connectivity index (χ4n) is 2.29. The number of ketones is 1. The van der Waals surface area contributed by atoms with E-state index in [1.807, 2.05) is 4.90 Å². The Balaban J connectivity index is 2.16. The molecule has 1 aliphatic rings. The number of ether oxygens (including phenoxy) is 1. The van der Waals surface area contributed by atoms with Crippen molar-refractivity contribution in [3.63, 3.8) is 0 Å². The van der Waals surface area contributed by atoms with E-state index in [0.717, 1.165) is 25.9 Å². The van der Waals surface area contributed by atoms with Crippen molar-refractivity contribution >= 4 is 27.8 Å². The highest BCUT2D eigenvalue weighted by atomic mass is 32.1. The first kappa shape index (κ1) is 14.9. The number of hydrogen-bond donors (Lipinski definition) is 0. The number of Topliss-reactive ketones (excluding diaryl/α,β-unsaturated/α-hetero) is 1. The monoisotopic (exact) mass is 298 g/mol. The Labute approximate surface area is 121 Å². The van der Waals surface area contributed by atoms with Crippen molar-refractivity contribution in [1.82, 2.24) is 0 Å². The first-order chi connectivity index (χ1) is 9.49. The molecule has 0 bridgehead atoms. The summed E-state index contributed by atoms with van der Waals surface area (Å²) in [6.07, 6.45) is 3.29. The number of anilines is 1. The number of thiophene rings is 1. The summed E-state index contributed by atoms with van der Waals surface area (Å²) >= 11 is 1.17. The van der Waals surface area contributed by atoms with E-state index in [2.05, 4.69) is 0 Å². The summed E-state index contributed by atoms with van der Waals surface area (Å²) in [5, 5.41) is 11.6. The highest BCUT2D eigenvalue weighted by Gasteiger charge is 2.25. The predicted octanol–water partition coefficient (Wildman–Crippen LogP) is 2.86. The maximum atomic E-state index is 11.4. The van der Waals surface area contributed by atoms with Gasteiger partial charge in [0.05, 0.1) is 15.9 Å². The van der Waals surface area contributed by atoms with Crippen LogP contribution in [-0.4, -0.2) is 37.0 Å². The maximum absolute atomic E-state index is 11.4. The van der Waals surface area contributed by atoms with Gasteiger partial charge in [-0.05, 0) is 26.2 Å². The van der Waals surface area contributed by atoms with E-state index in [1.165, 1.54) is 24.3 Å². The summed E-state index contributed by atoms with van der Waals surface area (Å²) in [6, 6.07) is 1.36. The minimum Gasteiger partial charge on any atom is -0.376 e. The summed E-state index contributed by atoms with van der Waals surface area (Å²) < 4.78 is 5.65. The summed E-state index contributed by atoms with van der Waals surface area (Å²) in [6.45, 7) is 2.78. The van der Waals surface area contributed by atoms with Gasteiger partial charge in [-0.3, -0.25) is 14.9 Å². The summed E-state index contributed by atoms with van der Waals surface area (Å²) in [7, 11) is 1.81. The Morgan fingerprint density at radius 3 is 2.90 bits per heavy atom. The molecule has 2 rings (SSSR count). The van der Waals surface area contributed by atoms with Gasteiger partial charge in [0.1, 0.15) is 0 Å². The van der Waals surface area contributed by atoms with Crippen LogP contribution in [0.2, 0.25) is 0 Å². The Kier molecular flexibility index (Phi) is 4.72. The van der Waals surface area contributed by atoms with Crippen LogP contribution in [0.1, 0.15) is 35.9 Å². The molecule has 0 amide bonds. The van der Waals surface area contributed by atoms with Crippen LogP contribution >= 0.6 is 11.3 Å². The zero-order chi connectivity index (χ0) is 14.7. The molecular formula is C13H18N2O4S. The Morgan fingerprint density at radius 2 is 2.35 bits per heavy atom. The maximum Gasteiger partial charge on any atom is 0.304 e. The topological polar surface area (TPSA) is 72.7 Å². The number of nitro groups is 1. The van der Waals surface area contributed by atoms with E-state index >= 15 is 0 Å². The van der Waals surface area contributed by atoms with Crippen LogP contribution < -0.4 is 4.90 Å². The van der Waals surface area contributed by atoms with Gasteiger partial charge in [-0.25, -0.2) is 0 Å². The van der Waals surface area contributed by atoms with Crippen molar-refractivity contribution in [2.75, 3.05) is 25.1 Å². The van der Waals surface area contributed by atoms with Crippen LogP contribution in [0.3, 0.4) is 0 Å². The van der Waals surface area contributed by atoms with E-state index in [9.17, 15) is 14.9 Å². The highest BCUT2D eigenvalue weighted by molar-refractivity contribution is 7.18. The van der Waals surface area contributed by atoms with Crippen LogP contribution in [-0.2, 0) is 4.74 Å². The van der Waals surface area contributed by atoms with Gasteiger partial charge >= 0.3 is 5.69 Å². The van der Waals surface area contributed by atoms with Crippen molar-refractivity contribution in [1.29, 1.82) is 0 Å². The smallest absolute Gasteiger partial charge is 0.304 e. The lowest BCUT2D eigenvalue weighted by Crippen LogP contribution is -2.33. The van der Waals surface area contributed by atoms with Gasteiger partial charge in [0.25, 0.3) is 0 Å². The Hall–Kier alpha value is -1.47. The molecule has 2 heterocycles. The molecule has 0 saturated carbocycles. The molecule has 20 heavy (non-hydrogen) atoms. The summed E-state index contributed by atoms with van der Waals surface area (Å²) in [4.78, 5) is 24.3. The van der Waals surface area contributed by atoms with Crippen molar-refractivity contribution in [3.8, 4) is 0 Å². The number of hydrogen-bond acceptors (Lipinski definition) is 6. The molecule has 0 N–H and O–H groups in total. The van der Waals surface area contributed by atoms with Crippen LogP contribution in [0.25, 0.3) is 0 Å². The number of carbonyl (C=O) groups excluding carboxylic acids is 1. The fraction of sp³-hybridized carbons (Fsp3) is 0.615. The van der Waals surface area contributed by atoms with Crippen molar-refractivity contribution in [3.05, 3.63) is 21.1 Å². The molecule has 1 saturated heterocycles. The predicted molar refractivity (Wildman–Crippen MR) is 77.8 cm³/mol.